The summed E-state index contributed by atoms with van der Waals surface area (Å²) in [5.41, 5.74) is -0.140. The molecule has 4 atom stereocenters. The van der Waals surface area contributed by atoms with Crippen LogP contribution in [0.4, 0.5) is 5.95 Å². The number of benzene rings is 1. The highest BCUT2D eigenvalue weighted by molar-refractivity contribution is 7.46. The molecule has 2 aromatic heterocycles. The summed E-state index contributed by atoms with van der Waals surface area (Å²) < 4.78 is 27.3. The second-order valence-corrected chi connectivity index (χ2v) is 8.42. The number of anilines is 1. The molecule has 16 heteroatoms. The predicted molar refractivity (Wildman–Crippen MR) is 111 cm³/mol. The number of rotatable bonds is 8. The number of phosphoric acid groups is 1. The maximum Gasteiger partial charge on any atom is 0.469 e. The van der Waals surface area contributed by atoms with Crippen molar-refractivity contribution in [2.75, 3.05) is 18.5 Å². The van der Waals surface area contributed by atoms with Gasteiger partial charge in [-0.2, -0.15) is 9.97 Å². The van der Waals surface area contributed by atoms with Crippen molar-refractivity contribution in [1.29, 1.82) is 0 Å². The maximum atomic E-state index is 12.2. The van der Waals surface area contributed by atoms with Gasteiger partial charge in [0.25, 0.3) is 5.91 Å². The molecule has 0 unspecified atom stereocenters. The van der Waals surface area contributed by atoms with Gasteiger partial charge >= 0.3 is 7.82 Å². The molecule has 0 saturated carbocycles. The number of nitrogens with one attached hydrogen (secondary N) is 1. The van der Waals surface area contributed by atoms with E-state index in [-0.39, 0.29) is 23.7 Å². The Hall–Kier alpha value is -3.17. The number of phosphoric ester groups is 1. The second kappa shape index (κ2) is 9.60. The monoisotopic (exact) mass is 497 g/mol. The Bertz CT molecular complexity index is 1220. The highest BCUT2D eigenvalue weighted by atomic mass is 31.2. The molecule has 0 radical (unpaired) electrons. The van der Waals surface area contributed by atoms with E-state index in [0.29, 0.717) is 5.75 Å². The van der Waals surface area contributed by atoms with Gasteiger partial charge in [-0.3, -0.25) is 19.2 Å². The number of aliphatic hydroxyl groups is 2. The summed E-state index contributed by atoms with van der Waals surface area (Å²) in [7, 11) is -4.83. The Kier molecular flexibility index (Phi) is 6.77. The topological polar surface area (TPSA) is 219 Å². The van der Waals surface area contributed by atoms with Gasteiger partial charge in [-0.25, -0.2) is 9.55 Å². The highest BCUT2D eigenvalue weighted by Crippen LogP contribution is 2.39. The average molecular weight is 497 g/mol. The van der Waals surface area contributed by atoms with Gasteiger partial charge in [0.1, 0.15) is 24.1 Å². The quantitative estimate of drug-likeness (QED) is 0.212. The fourth-order valence-electron chi connectivity index (χ4n) is 3.24. The lowest BCUT2D eigenvalue weighted by Crippen LogP contribution is -2.33. The summed E-state index contributed by atoms with van der Waals surface area (Å²) in [5, 5.41) is 33.1. The lowest BCUT2D eigenvalue weighted by molar-refractivity contribution is -0.118. The van der Waals surface area contributed by atoms with Gasteiger partial charge in [0.05, 0.1) is 12.9 Å². The van der Waals surface area contributed by atoms with E-state index in [0.717, 1.165) is 10.9 Å². The van der Waals surface area contributed by atoms with Crippen LogP contribution in [0.1, 0.15) is 6.23 Å². The van der Waals surface area contributed by atoms with Crippen molar-refractivity contribution >= 4 is 30.8 Å². The van der Waals surface area contributed by atoms with Crippen LogP contribution in [0.5, 0.6) is 11.6 Å². The van der Waals surface area contributed by atoms with E-state index in [1.54, 1.807) is 30.3 Å². The highest BCUT2D eigenvalue weighted by Gasteiger charge is 2.45. The number of nitrogens with zero attached hydrogens (tertiary/aromatic N) is 4. The van der Waals surface area contributed by atoms with Crippen LogP contribution in [-0.4, -0.2) is 82.1 Å². The van der Waals surface area contributed by atoms with Crippen LogP contribution in [0.15, 0.2) is 36.7 Å². The molecule has 1 amide bonds. The van der Waals surface area contributed by atoms with Crippen molar-refractivity contribution in [3.05, 3.63) is 36.7 Å². The standard InChI is InChI=1S/C18H20N5O10P/c24-11(7-31-9-4-2-1-3-5-9)20-18-21-15-12(16(27)22-18)19-8-23(15)17-14(26)13(25)10(33-17)6-32-34(28,29)30/h1-5,8,10,13-14,17,25-26H,6-7H2,(H2,28,29,30)(H2,20,21,22,24,27)/t10-,13+,14-,17-/m1/s1. The minimum absolute atomic E-state index is 0.0559. The number of aromatic nitrogens is 4. The van der Waals surface area contributed by atoms with Crippen LogP contribution >= 0.6 is 7.82 Å². The van der Waals surface area contributed by atoms with Gasteiger partial charge in [-0.15, -0.1) is 0 Å². The number of aromatic hydroxyl groups is 1. The van der Waals surface area contributed by atoms with E-state index in [4.69, 9.17) is 19.3 Å². The van der Waals surface area contributed by atoms with E-state index < -0.39 is 50.8 Å². The normalized spacial score (nSPS) is 22.7. The molecule has 3 aromatic rings. The first-order valence-corrected chi connectivity index (χ1v) is 11.3. The molecule has 1 aromatic carbocycles. The van der Waals surface area contributed by atoms with E-state index in [2.05, 4.69) is 24.8 Å². The number of amides is 1. The van der Waals surface area contributed by atoms with Crippen LogP contribution < -0.4 is 10.1 Å². The fraction of sp³-hybridized carbons (Fsp3) is 0.333. The molecule has 1 aliphatic heterocycles. The number of ether oxygens (including phenoxy) is 2. The first-order chi connectivity index (χ1) is 16.1. The van der Waals surface area contributed by atoms with Gasteiger partial charge in [0.2, 0.25) is 11.8 Å². The minimum Gasteiger partial charge on any atom is -0.492 e. The zero-order valence-electron chi connectivity index (χ0n) is 17.2. The zero-order chi connectivity index (χ0) is 24.5. The summed E-state index contributed by atoms with van der Waals surface area (Å²) in [6.45, 7) is -1.06. The van der Waals surface area contributed by atoms with Crippen molar-refractivity contribution < 1.29 is 48.5 Å². The molecule has 6 N–H and O–H groups in total. The SMILES string of the molecule is O=C(COc1ccccc1)Nc1nc(O)c2ncn([C@@H]3O[C@H](COP(=O)(O)O)[C@H](O)[C@H]3O)c2n1. The molecule has 1 aliphatic rings. The number of carbonyl (C=O) groups excluding carboxylic acids is 1. The lowest BCUT2D eigenvalue weighted by atomic mass is 10.1. The fourth-order valence-corrected chi connectivity index (χ4v) is 3.58. The third kappa shape index (κ3) is 5.31. The van der Waals surface area contributed by atoms with Crippen molar-refractivity contribution in [2.45, 2.75) is 24.5 Å². The Morgan fingerprint density at radius 1 is 1.18 bits per heavy atom. The first-order valence-electron chi connectivity index (χ1n) is 9.75. The molecule has 1 fully saturated rings. The second-order valence-electron chi connectivity index (χ2n) is 7.18. The molecule has 4 rings (SSSR count). The minimum atomic E-state index is -4.83. The molecule has 15 nitrogen and oxygen atoms in total. The number of fused-ring (bicyclic) bond motifs is 1. The number of imidazole rings is 1. The van der Waals surface area contributed by atoms with E-state index in [9.17, 15) is 24.7 Å². The van der Waals surface area contributed by atoms with E-state index >= 15 is 0 Å². The van der Waals surface area contributed by atoms with Crippen LogP contribution in [0, 0.1) is 0 Å². The third-order valence-corrected chi connectivity index (χ3v) is 5.27. The summed E-state index contributed by atoms with van der Waals surface area (Å²) >= 11 is 0. The molecule has 0 spiro atoms. The molecule has 0 aliphatic carbocycles. The smallest absolute Gasteiger partial charge is 0.469 e. The van der Waals surface area contributed by atoms with E-state index in [1.807, 2.05) is 0 Å². The summed E-state index contributed by atoms with van der Waals surface area (Å²) in [6.07, 6.45) is -4.55. The maximum absolute atomic E-state index is 12.2. The number of carbonyl (C=O) groups is 1. The molecule has 0 bridgehead atoms. The van der Waals surface area contributed by atoms with Gasteiger partial charge in [0.15, 0.2) is 24.0 Å². The molecular weight excluding hydrogens is 477 g/mol. The summed E-state index contributed by atoms with van der Waals surface area (Å²) in [5.74, 6) is -1.01. The van der Waals surface area contributed by atoms with Crippen LogP contribution in [0.25, 0.3) is 11.2 Å². The van der Waals surface area contributed by atoms with Crippen molar-refractivity contribution in [3.8, 4) is 11.6 Å². The molecule has 1 saturated heterocycles. The molecule has 3 heterocycles. The van der Waals surface area contributed by atoms with Crippen LogP contribution in [0.3, 0.4) is 0 Å². The van der Waals surface area contributed by atoms with Crippen LogP contribution in [-0.2, 0) is 18.6 Å². The van der Waals surface area contributed by atoms with Gasteiger partial charge in [-0.05, 0) is 12.1 Å². The van der Waals surface area contributed by atoms with Crippen molar-refractivity contribution in [1.82, 2.24) is 19.5 Å². The summed E-state index contributed by atoms with van der Waals surface area (Å²) in [4.78, 5) is 41.7. The predicted octanol–water partition coefficient (Wildman–Crippen LogP) is -0.722. The third-order valence-electron chi connectivity index (χ3n) is 4.79. The number of para-hydroxylation sites is 1. The number of hydrogen-bond donors (Lipinski definition) is 6. The van der Waals surface area contributed by atoms with Crippen molar-refractivity contribution in [2.24, 2.45) is 0 Å². The van der Waals surface area contributed by atoms with Gasteiger partial charge in [0, 0.05) is 0 Å². The van der Waals surface area contributed by atoms with E-state index in [1.165, 1.54) is 0 Å². The number of hydrogen-bond acceptors (Lipinski definition) is 11. The van der Waals surface area contributed by atoms with Gasteiger partial charge < -0.3 is 34.6 Å². The summed E-state index contributed by atoms with van der Waals surface area (Å²) in [6, 6.07) is 8.60. The largest absolute Gasteiger partial charge is 0.492 e. The Morgan fingerprint density at radius 2 is 1.91 bits per heavy atom. The van der Waals surface area contributed by atoms with Gasteiger partial charge in [-0.1, -0.05) is 18.2 Å². The Labute approximate surface area is 190 Å². The van der Waals surface area contributed by atoms with Crippen LogP contribution in [0.2, 0.25) is 0 Å². The first kappa shape index (κ1) is 24.0. The molecule has 182 valence electrons. The number of aliphatic hydroxyl groups excluding tert-OH is 2. The molecular formula is C18H20N5O10P. The van der Waals surface area contributed by atoms with Crippen molar-refractivity contribution in [3.63, 3.8) is 0 Å². The molecule has 34 heavy (non-hydrogen) atoms. The average Bonchev–Trinajstić information content (AvgIpc) is 3.32. The zero-order valence-corrected chi connectivity index (χ0v) is 18.1. The Balaban J connectivity index is 1.51. The Morgan fingerprint density at radius 3 is 2.62 bits per heavy atom. The lowest BCUT2D eigenvalue weighted by Gasteiger charge is -2.17.